The quantitative estimate of drug-likeness (QED) is 0.644. The fraction of sp³-hybridized carbons (Fsp3) is 0.0556. The van der Waals surface area contributed by atoms with E-state index >= 15 is 0 Å². The van der Waals surface area contributed by atoms with Crippen LogP contribution in [0.1, 0.15) is 16.1 Å². The van der Waals surface area contributed by atoms with Gasteiger partial charge in [-0.1, -0.05) is 29.8 Å². The van der Waals surface area contributed by atoms with Gasteiger partial charge >= 0.3 is 6.18 Å². The zero-order chi connectivity index (χ0) is 19.4. The third-order valence-corrected chi connectivity index (χ3v) is 3.82. The Morgan fingerprint density at radius 2 is 1.74 bits per heavy atom. The van der Waals surface area contributed by atoms with Crippen LogP contribution in [0.5, 0.6) is 0 Å². The number of hydrogen-bond donors (Lipinski definition) is 2. The van der Waals surface area contributed by atoms with Crippen molar-refractivity contribution in [2.45, 2.75) is 6.18 Å². The number of halogens is 4. The molecule has 0 aliphatic carbocycles. The third kappa shape index (κ3) is 4.73. The molecular weight excluding hydrogens is 381 g/mol. The topological polar surface area (TPSA) is 66.9 Å². The summed E-state index contributed by atoms with van der Waals surface area (Å²) in [4.78, 5) is 20.1. The van der Waals surface area contributed by atoms with Crippen LogP contribution in [0.15, 0.2) is 60.9 Å². The lowest BCUT2D eigenvalue weighted by Gasteiger charge is -2.12. The van der Waals surface area contributed by atoms with E-state index in [0.29, 0.717) is 5.69 Å². The molecule has 2 aromatic carbocycles. The average molecular weight is 393 g/mol. The van der Waals surface area contributed by atoms with Crippen LogP contribution in [-0.2, 0) is 6.18 Å². The zero-order valence-corrected chi connectivity index (χ0v) is 14.3. The summed E-state index contributed by atoms with van der Waals surface area (Å²) in [5.74, 6) is -0.355. The van der Waals surface area contributed by atoms with Crippen molar-refractivity contribution in [1.29, 1.82) is 0 Å². The summed E-state index contributed by atoms with van der Waals surface area (Å²) in [6.07, 6.45) is -3.38. The molecule has 0 saturated heterocycles. The molecule has 0 unspecified atom stereocenters. The molecule has 1 heterocycles. The molecule has 9 heteroatoms. The van der Waals surface area contributed by atoms with E-state index in [9.17, 15) is 18.0 Å². The first-order valence-electron chi connectivity index (χ1n) is 7.65. The van der Waals surface area contributed by atoms with Crippen LogP contribution in [0, 0.1) is 0 Å². The second kappa shape index (κ2) is 7.63. The number of para-hydroxylation sites is 1. The van der Waals surface area contributed by atoms with Gasteiger partial charge < -0.3 is 10.6 Å². The number of alkyl halides is 3. The predicted octanol–water partition coefficient (Wildman–Crippen LogP) is 5.14. The molecule has 1 amide bonds. The van der Waals surface area contributed by atoms with Crippen molar-refractivity contribution in [2.75, 3.05) is 10.6 Å². The van der Waals surface area contributed by atoms with E-state index in [1.54, 1.807) is 30.3 Å². The molecule has 0 aliphatic heterocycles. The lowest BCUT2D eigenvalue weighted by molar-refractivity contribution is -0.137. The van der Waals surface area contributed by atoms with Gasteiger partial charge in [0, 0.05) is 11.8 Å². The number of nitrogens with zero attached hydrogens (tertiary/aromatic N) is 2. The molecule has 0 aliphatic rings. The van der Waals surface area contributed by atoms with Gasteiger partial charge in [0.25, 0.3) is 5.91 Å². The lowest BCUT2D eigenvalue weighted by atomic mass is 10.2. The maximum Gasteiger partial charge on any atom is 0.416 e. The van der Waals surface area contributed by atoms with Crippen LogP contribution in [0.2, 0.25) is 5.02 Å². The standard InChI is InChI=1S/C18H12ClF3N4O/c19-13-7-6-11(18(20,21)22)8-14(13)26-16-9-15(23-10-24-16)17(27)25-12-4-2-1-3-5-12/h1-10H,(H,25,27)(H,23,24,26). The maximum atomic E-state index is 12.9. The Morgan fingerprint density at radius 1 is 1.00 bits per heavy atom. The third-order valence-electron chi connectivity index (χ3n) is 3.49. The Labute approximate surface area is 157 Å². The van der Waals surface area contributed by atoms with Crippen molar-refractivity contribution < 1.29 is 18.0 Å². The molecule has 27 heavy (non-hydrogen) atoms. The molecule has 0 bridgehead atoms. The minimum atomic E-state index is -4.51. The first-order chi connectivity index (χ1) is 12.8. The van der Waals surface area contributed by atoms with E-state index in [2.05, 4.69) is 20.6 Å². The van der Waals surface area contributed by atoms with Crippen molar-refractivity contribution in [3.8, 4) is 0 Å². The highest BCUT2D eigenvalue weighted by molar-refractivity contribution is 6.33. The number of benzene rings is 2. The molecule has 0 saturated carbocycles. The van der Waals surface area contributed by atoms with E-state index in [1.807, 2.05) is 0 Å². The minimum Gasteiger partial charge on any atom is -0.339 e. The second-order valence-corrected chi connectivity index (χ2v) is 5.83. The van der Waals surface area contributed by atoms with Gasteiger partial charge in [0.05, 0.1) is 16.3 Å². The Kier molecular flexibility index (Phi) is 5.27. The largest absolute Gasteiger partial charge is 0.416 e. The van der Waals surface area contributed by atoms with Crippen LogP contribution in [0.3, 0.4) is 0 Å². The molecule has 3 aromatic rings. The highest BCUT2D eigenvalue weighted by Gasteiger charge is 2.31. The van der Waals surface area contributed by atoms with Crippen LogP contribution < -0.4 is 10.6 Å². The molecule has 1 aromatic heterocycles. The smallest absolute Gasteiger partial charge is 0.339 e. The lowest BCUT2D eigenvalue weighted by Crippen LogP contribution is -2.14. The van der Waals surface area contributed by atoms with E-state index in [0.717, 1.165) is 24.5 Å². The van der Waals surface area contributed by atoms with Gasteiger partial charge in [0.15, 0.2) is 0 Å². The molecule has 0 fully saturated rings. The van der Waals surface area contributed by atoms with Crippen molar-refractivity contribution in [3.05, 3.63) is 77.2 Å². The molecule has 2 N–H and O–H groups in total. The normalized spacial score (nSPS) is 11.1. The number of amides is 1. The molecule has 3 rings (SSSR count). The van der Waals surface area contributed by atoms with Crippen LogP contribution in [0.25, 0.3) is 0 Å². The summed E-state index contributed by atoms with van der Waals surface area (Å²) >= 11 is 5.95. The van der Waals surface area contributed by atoms with Crippen LogP contribution in [-0.4, -0.2) is 15.9 Å². The number of carbonyl (C=O) groups excluding carboxylic acids is 1. The minimum absolute atomic E-state index is 0.0135. The highest BCUT2D eigenvalue weighted by Crippen LogP contribution is 2.34. The van der Waals surface area contributed by atoms with Crippen molar-refractivity contribution >= 4 is 34.7 Å². The van der Waals surface area contributed by atoms with Crippen molar-refractivity contribution in [1.82, 2.24) is 9.97 Å². The van der Waals surface area contributed by atoms with Crippen molar-refractivity contribution in [3.63, 3.8) is 0 Å². The summed E-state index contributed by atoms with van der Waals surface area (Å²) in [6, 6.07) is 12.9. The summed E-state index contributed by atoms with van der Waals surface area (Å²) in [5.41, 5.74) is -0.221. The van der Waals surface area contributed by atoms with Gasteiger partial charge in [0.2, 0.25) is 0 Å². The first kappa shape index (κ1) is 18.7. The monoisotopic (exact) mass is 392 g/mol. The van der Waals surface area contributed by atoms with Gasteiger partial charge in [-0.05, 0) is 30.3 Å². The van der Waals surface area contributed by atoms with E-state index in [-0.39, 0.29) is 22.2 Å². The van der Waals surface area contributed by atoms with Gasteiger partial charge in [-0.3, -0.25) is 4.79 Å². The Bertz CT molecular complexity index is 964. The van der Waals surface area contributed by atoms with E-state index < -0.39 is 17.6 Å². The SMILES string of the molecule is O=C(Nc1ccccc1)c1cc(Nc2cc(C(F)(F)F)ccc2Cl)ncn1. The van der Waals surface area contributed by atoms with Gasteiger partial charge in [0.1, 0.15) is 17.8 Å². The number of hydrogen-bond acceptors (Lipinski definition) is 4. The van der Waals surface area contributed by atoms with Gasteiger partial charge in [-0.15, -0.1) is 0 Å². The molecule has 5 nitrogen and oxygen atoms in total. The predicted molar refractivity (Wildman–Crippen MR) is 96.2 cm³/mol. The molecule has 0 radical (unpaired) electrons. The number of rotatable bonds is 4. The maximum absolute atomic E-state index is 12.9. The van der Waals surface area contributed by atoms with Gasteiger partial charge in [-0.2, -0.15) is 13.2 Å². The summed E-state index contributed by atoms with van der Waals surface area (Å²) < 4.78 is 38.6. The zero-order valence-electron chi connectivity index (χ0n) is 13.6. The number of carbonyl (C=O) groups is 1. The second-order valence-electron chi connectivity index (χ2n) is 5.43. The van der Waals surface area contributed by atoms with E-state index in [1.165, 1.54) is 6.07 Å². The molecule has 0 atom stereocenters. The van der Waals surface area contributed by atoms with Gasteiger partial charge in [-0.25, -0.2) is 9.97 Å². The average Bonchev–Trinajstić information content (AvgIpc) is 2.64. The molecule has 138 valence electrons. The highest BCUT2D eigenvalue weighted by atomic mass is 35.5. The van der Waals surface area contributed by atoms with E-state index in [4.69, 9.17) is 11.6 Å². The van der Waals surface area contributed by atoms with Crippen LogP contribution in [0.4, 0.5) is 30.4 Å². The number of aromatic nitrogens is 2. The van der Waals surface area contributed by atoms with Crippen LogP contribution >= 0.6 is 11.6 Å². The fourth-order valence-corrected chi connectivity index (χ4v) is 2.37. The molecule has 0 spiro atoms. The molecular formula is C18H12ClF3N4O. The Balaban J connectivity index is 1.81. The fourth-order valence-electron chi connectivity index (χ4n) is 2.20. The summed E-state index contributed by atoms with van der Waals surface area (Å²) in [5, 5.41) is 5.42. The van der Waals surface area contributed by atoms with Crippen molar-refractivity contribution in [2.24, 2.45) is 0 Å². The number of nitrogens with one attached hydrogen (secondary N) is 2. The Morgan fingerprint density at radius 3 is 2.44 bits per heavy atom. The Hall–Kier alpha value is -3.13. The first-order valence-corrected chi connectivity index (χ1v) is 8.03. The summed E-state index contributed by atoms with van der Waals surface area (Å²) in [7, 11) is 0. The summed E-state index contributed by atoms with van der Waals surface area (Å²) in [6.45, 7) is 0. The number of anilines is 3.